The highest BCUT2D eigenvalue weighted by Gasteiger charge is 2.08. The van der Waals surface area contributed by atoms with Gasteiger partial charge in [-0.05, 0) is 30.7 Å². The summed E-state index contributed by atoms with van der Waals surface area (Å²) in [6.45, 7) is 2.73. The number of carbonyl (C=O) groups is 1. The topological polar surface area (TPSA) is 56.1 Å². The van der Waals surface area contributed by atoms with Crippen molar-refractivity contribution in [2.75, 3.05) is 12.4 Å². The second-order valence-electron chi connectivity index (χ2n) is 5.60. The van der Waals surface area contributed by atoms with Crippen molar-refractivity contribution in [3.63, 3.8) is 0 Å². The third kappa shape index (κ3) is 3.81. The summed E-state index contributed by atoms with van der Waals surface area (Å²) in [6, 6.07) is 15.3. The molecule has 0 atom stereocenters. The van der Waals surface area contributed by atoms with Crippen molar-refractivity contribution in [1.29, 1.82) is 0 Å². The van der Waals surface area contributed by atoms with Crippen molar-refractivity contribution in [3.05, 3.63) is 77.6 Å². The maximum absolute atomic E-state index is 12.3. The molecule has 122 valence electrons. The molecule has 0 saturated heterocycles. The number of aromatic nitrogens is 2. The van der Waals surface area contributed by atoms with E-state index in [4.69, 9.17) is 4.74 Å². The van der Waals surface area contributed by atoms with Crippen LogP contribution < -0.4 is 10.1 Å². The average molecular weight is 321 g/mol. The lowest BCUT2D eigenvalue weighted by Crippen LogP contribution is -2.11. The molecule has 5 nitrogen and oxygen atoms in total. The molecule has 1 amide bonds. The lowest BCUT2D eigenvalue weighted by atomic mass is 10.1. The largest absolute Gasteiger partial charge is 0.497 e. The molecule has 0 aliphatic heterocycles. The molecule has 0 aliphatic rings. The molecule has 0 spiro atoms. The molecule has 0 radical (unpaired) electrons. The number of nitrogens with one attached hydrogen (secondary N) is 1. The minimum atomic E-state index is -0.191. The van der Waals surface area contributed by atoms with Gasteiger partial charge in [0.15, 0.2) is 0 Å². The molecule has 24 heavy (non-hydrogen) atoms. The van der Waals surface area contributed by atoms with Crippen molar-refractivity contribution in [1.82, 2.24) is 9.78 Å². The molecule has 3 rings (SSSR count). The highest BCUT2D eigenvalue weighted by molar-refractivity contribution is 6.04. The molecule has 0 bridgehead atoms. The zero-order chi connectivity index (χ0) is 16.9. The average Bonchev–Trinajstić information content (AvgIpc) is 3.01. The number of amides is 1. The summed E-state index contributed by atoms with van der Waals surface area (Å²) >= 11 is 0. The SMILES string of the molecule is COc1cccc(C(=O)Nc2cnn(Cc3cccc(C)c3)c2)c1. The highest BCUT2D eigenvalue weighted by Crippen LogP contribution is 2.15. The molecule has 0 saturated carbocycles. The smallest absolute Gasteiger partial charge is 0.255 e. The van der Waals surface area contributed by atoms with Crippen LogP contribution in [0.2, 0.25) is 0 Å². The standard InChI is InChI=1S/C19H19N3O2/c1-14-5-3-6-15(9-14)12-22-13-17(11-20-22)21-19(23)16-7-4-8-18(10-16)24-2/h3-11,13H,12H2,1-2H3,(H,21,23). The number of aryl methyl sites for hydroxylation is 1. The quantitative estimate of drug-likeness (QED) is 0.782. The monoisotopic (exact) mass is 321 g/mol. The Kier molecular flexibility index (Phi) is 4.61. The van der Waals surface area contributed by atoms with Crippen LogP contribution in [-0.2, 0) is 6.54 Å². The van der Waals surface area contributed by atoms with Gasteiger partial charge in [0.05, 0.1) is 25.5 Å². The molecule has 1 N–H and O–H groups in total. The minimum absolute atomic E-state index is 0.191. The van der Waals surface area contributed by atoms with Gasteiger partial charge in [-0.2, -0.15) is 5.10 Å². The van der Waals surface area contributed by atoms with Crippen LogP contribution in [-0.4, -0.2) is 22.8 Å². The number of hydrogen-bond acceptors (Lipinski definition) is 3. The molecule has 0 fully saturated rings. The van der Waals surface area contributed by atoms with Crippen molar-refractivity contribution in [2.24, 2.45) is 0 Å². The van der Waals surface area contributed by atoms with Gasteiger partial charge in [0.25, 0.3) is 5.91 Å². The van der Waals surface area contributed by atoms with E-state index in [1.54, 1.807) is 42.3 Å². The molecule has 0 aliphatic carbocycles. The zero-order valence-electron chi connectivity index (χ0n) is 13.7. The Labute approximate surface area is 140 Å². The first kappa shape index (κ1) is 15.8. The predicted octanol–water partition coefficient (Wildman–Crippen LogP) is 3.50. The third-order valence-electron chi connectivity index (χ3n) is 3.65. The summed E-state index contributed by atoms with van der Waals surface area (Å²) in [5.41, 5.74) is 3.59. The summed E-state index contributed by atoms with van der Waals surface area (Å²) in [4.78, 5) is 12.3. The predicted molar refractivity (Wildman–Crippen MR) is 93.5 cm³/mol. The van der Waals surface area contributed by atoms with Gasteiger partial charge in [-0.1, -0.05) is 35.9 Å². The van der Waals surface area contributed by atoms with Crippen molar-refractivity contribution in [2.45, 2.75) is 13.5 Å². The Hall–Kier alpha value is -3.08. The number of methoxy groups -OCH3 is 1. The van der Waals surface area contributed by atoms with Crippen LogP contribution in [0.25, 0.3) is 0 Å². The summed E-state index contributed by atoms with van der Waals surface area (Å²) < 4.78 is 6.94. The lowest BCUT2D eigenvalue weighted by molar-refractivity contribution is 0.102. The van der Waals surface area contributed by atoms with Crippen LogP contribution in [0.3, 0.4) is 0 Å². The molecule has 1 aromatic heterocycles. The summed E-state index contributed by atoms with van der Waals surface area (Å²) in [7, 11) is 1.58. The van der Waals surface area contributed by atoms with E-state index < -0.39 is 0 Å². The fourth-order valence-electron chi connectivity index (χ4n) is 2.48. The molecular formula is C19H19N3O2. The van der Waals surface area contributed by atoms with Gasteiger partial charge in [0.2, 0.25) is 0 Å². The number of rotatable bonds is 5. The molecule has 0 unspecified atom stereocenters. The minimum Gasteiger partial charge on any atom is -0.497 e. The Morgan fingerprint density at radius 3 is 2.83 bits per heavy atom. The van der Waals surface area contributed by atoms with E-state index in [1.165, 1.54) is 11.1 Å². The van der Waals surface area contributed by atoms with Crippen LogP contribution in [0, 0.1) is 6.92 Å². The second kappa shape index (κ2) is 7.00. The number of benzene rings is 2. The van der Waals surface area contributed by atoms with Crippen LogP contribution >= 0.6 is 0 Å². The first-order chi connectivity index (χ1) is 11.6. The van der Waals surface area contributed by atoms with Crippen molar-refractivity contribution >= 4 is 11.6 Å². The van der Waals surface area contributed by atoms with E-state index in [0.29, 0.717) is 23.5 Å². The maximum atomic E-state index is 12.3. The van der Waals surface area contributed by atoms with Crippen LogP contribution in [0.15, 0.2) is 60.9 Å². The van der Waals surface area contributed by atoms with E-state index in [-0.39, 0.29) is 5.91 Å². The van der Waals surface area contributed by atoms with Gasteiger partial charge >= 0.3 is 0 Å². The number of anilines is 1. The number of hydrogen-bond donors (Lipinski definition) is 1. The molecular weight excluding hydrogens is 302 g/mol. The number of ether oxygens (including phenoxy) is 1. The van der Waals surface area contributed by atoms with Gasteiger partial charge in [-0.25, -0.2) is 0 Å². The zero-order valence-corrected chi connectivity index (χ0v) is 13.7. The molecule has 5 heteroatoms. The Morgan fingerprint density at radius 2 is 2.04 bits per heavy atom. The fourth-order valence-corrected chi connectivity index (χ4v) is 2.48. The van der Waals surface area contributed by atoms with E-state index in [0.717, 1.165) is 0 Å². The summed E-state index contributed by atoms with van der Waals surface area (Å²) in [5.74, 6) is 0.460. The van der Waals surface area contributed by atoms with Crippen molar-refractivity contribution in [3.8, 4) is 5.75 Å². The second-order valence-corrected chi connectivity index (χ2v) is 5.60. The van der Waals surface area contributed by atoms with Gasteiger partial charge in [0, 0.05) is 11.8 Å². The number of nitrogens with zero attached hydrogens (tertiary/aromatic N) is 2. The first-order valence-electron chi connectivity index (χ1n) is 7.67. The molecule has 3 aromatic rings. The van der Waals surface area contributed by atoms with Gasteiger partial charge in [-0.3, -0.25) is 9.48 Å². The summed E-state index contributed by atoms with van der Waals surface area (Å²) in [5, 5.41) is 7.15. The maximum Gasteiger partial charge on any atom is 0.255 e. The Bertz CT molecular complexity index is 855. The lowest BCUT2D eigenvalue weighted by Gasteiger charge is -2.05. The van der Waals surface area contributed by atoms with Gasteiger partial charge in [-0.15, -0.1) is 0 Å². The Balaban J connectivity index is 1.68. The van der Waals surface area contributed by atoms with Crippen LogP contribution in [0.5, 0.6) is 5.75 Å². The first-order valence-corrected chi connectivity index (χ1v) is 7.67. The van der Waals surface area contributed by atoms with E-state index in [1.807, 2.05) is 12.3 Å². The highest BCUT2D eigenvalue weighted by atomic mass is 16.5. The van der Waals surface area contributed by atoms with Gasteiger partial charge < -0.3 is 10.1 Å². The Morgan fingerprint density at radius 1 is 1.21 bits per heavy atom. The van der Waals surface area contributed by atoms with E-state index in [2.05, 4.69) is 35.5 Å². The third-order valence-corrected chi connectivity index (χ3v) is 3.65. The van der Waals surface area contributed by atoms with E-state index >= 15 is 0 Å². The van der Waals surface area contributed by atoms with Crippen molar-refractivity contribution < 1.29 is 9.53 Å². The van der Waals surface area contributed by atoms with Crippen LogP contribution in [0.4, 0.5) is 5.69 Å². The fraction of sp³-hybridized carbons (Fsp3) is 0.158. The molecule has 1 heterocycles. The summed E-state index contributed by atoms with van der Waals surface area (Å²) in [6.07, 6.45) is 3.47. The van der Waals surface area contributed by atoms with E-state index in [9.17, 15) is 4.79 Å². The molecule has 2 aromatic carbocycles. The number of carbonyl (C=O) groups excluding carboxylic acids is 1. The normalized spacial score (nSPS) is 10.4. The van der Waals surface area contributed by atoms with Gasteiger partial charge in [0.1, 0.15) is 5.75 Å². The van der Waals surface area contributed by atoms with Crippen LogP contribution in [0.1, 0.15) is 21.5 Å².